The van der Waals surface area contributed by atoms with Crippen LogP contribution in [0, 0.1) is 18.6 Å². The lowest BCUT2D eigenvalue weighted by atomic mass is 9.93. The van der Waals surface area contributed by atoms with Crippen LogP contribution in [0.15, 0.2) is 54.7 Å². The van der Waals surface area contributed by atoms with E-state index in [2.05, 4.69) is 10.3 Å². The second-order valence-electron chi connectivity index (χ2n) is 13.0. The highest BCUT2D eigenvalue weighted by Crippen LogP contribution is 2.48. The maximum absolute atomic E-state index is 15.3. The van der Waals surface area contributed by atoms with Crippen LogP contribution in [-0.2, 0) is 24.4 Å². The van der Waals surface area contributed by atoms with Crippen LogP contribution in [0.5, 0.6) is 5.75 Å². The lowest BCUT2D eigenvalue weighted by Gasteiger charge is -2.24. The number of nitrogens with zero attached hydrogens (tertiary/aromatic N) is 3. The molecule has 1 amide bonds. The van der Waals surface area contributed by atoms with Crippen molar-refractivity contribution in [3.05, 3.63) is 94.6 Å². The number of alkyl halides is 3. The van der Waals surface area contributed by atoms with Crippen LogP contribution in [0.4, 0.5) is 27.6 Å². The molecule has 0 radical (unpaired) electrons. The molecule has 7 rings (SSSR count). The third-order valence-electron chi connectivity index (χ3n) is 9.83. The molecule has 4 N–H and O–H groups in total. The van der Waals surface area contributed by atoms with Crippen molar-refractivity contribution in [1.29, 1.82) is 0 Å². The van der Waals surface area contributed by atoms with Crippen LogP contribution < -0.4 is 15.4 Å². The van der Waals surface area contributed by atoms with Gasteiger partial charge >= 0.3 is 6.18 Å². The smallest absolute Gasteiger partial charge is 0.417 e. The zero-order valence-electron chi connectivity index (χ0n) is 27.8. The van der Waals surface area contributed by atoms with Crippen molar-refractivity contribution in [3.63, 3.8) is 0 Å². The summed E-state index contributed by atoms with van der Waals surface area (Å²) in [5.41, 5.74) is -0.722. The Balaban J connectivity index is 1.20. The van der Waals surface area contributed by atoms with Gasteiger partial charge in [-0.2, -0.15) is 13.2 Å². The molecule has 1 fully saturated rings. The monoisotopic (exact) mass is 708 g/mol. The summed E-state index contributed by atoms with van der Waals surface area (Å²) in [6.45, 7) is 2.05. The molecule has 2 atom stereocenters. The first-order chi connectivity index (χ1) is 24.3. The summed E-state index contributed by atoms with van der Waals surface area (Å²) >= 11 is 0. The minimum atomic E-state index is -4.77. The number of aryl methyl sites for hydroxylation is 2. The molecular formula is C37H35F5N5O4+. The summed E-state index contributed by atoms with van der Waals surface area (Å²) in [5.74, 6) is -3.43. The first-order valence-corrected chi connectivity index (χ1v) is 16.7. The SMILES string of the molecule is Cc1nc2c3c(c(C(F)(F)F)cc2n1C)-c1cccn2c(C(=O)c4cc(F)c(NC(=O)/C=C/C[NH2+][C@@H]5CCCC[C@@H]5O)c(F)c4)cc(c12)CCO3. The number of hydrogen-bond acceptors (Lipinski definition) is 5. The van der Waals surface area contributed by atoms with E-state index in [1.807, 2.05) is 5.32 Å². The fourth-order valence-electron chi connectivity index (χ4n) is 7.19. The number of benzene rings is 2. The van der Waals surface area contributed by atoms with Crippen LogP contribution >= 0.6 is 0 Å². The number of quaternary nitrogens is 1. The molecule has 1 aliphatic carbocycles. The summed E-state index contributed by atoms with van der Waals surface area (Å²) in [7, 11) is 1.62. The van der Waals surface area contributed by atoms with Gasteiger partial charge in [-0.05, 0) is 61.7 Å². The highest BCUT2D eigenvalue weighted by atomic mass is 19.4. The second kappa shape index (κ2) is 13.2. The molecule has 0 unspecified atom stereocenters. The van der Waals surface area contributed by atoms with Crippen molar-refractivity contribution in [2.75, 3.05) is 18.5 Å². The molecule has 0 spiro atoms. The van der Waals surface area contributed by atoms with Crippen molar-refractivity contribution in [1.82, 2.24) is 14.0 Å². The Labute approximate surface area is 288 Å². The van der Waals surface area contributed by atoms with Gasteiger partial charge in [-0.25, -0.2) is 13.8 Å². The number of nitrogens with one attached hydrogen (secondary N) is 1. The molecule has 4 heterocycles. The Morgan fingerprint density at radius 1 is 1.14 bits per heavy atom. The highest BCUT2D eigenvalue weighted by Gasteiger charge is 2.39. The molecule has 1 aliphatic heterocycles. The minimum absolute atomic E-state index is 0.0193. The number of ether oxygens (including phenoxy) is 1. The van der Waals surface area contributed by atoms with Crippen LogP contribution in [-0.4, -0.2) is 56.0 Å². The van der Waals surface area contributed by atoms with E-state index >= 15 is 8.78 Å². The summed E-state index contributed by atoms with van der Waals surface area (Å²) in [4.78, 5) is 30.8. The fourth-order valence-corrected chi connectivity index (χ4v) is 7.19. The Bertz CT molecular complexity index is 2220. The van der Waals surface area contributed by atoms with Crippen LogP contribution in [0.1, 0.15) is 58.7 Å². The molecule has 3 aromatic heterocycles. The predicted octanol–water partition coefficient (Wildman–Crippen LogP) is 5.63. The summed E-state index contributed by atoms with van der Waals surface area (Å²) in [6, 6.07) is 7.19. The van der Waals surface area contributed by atoms with Gasteiger partial charge in [0.2, 0.25) is 11.7 Å². The summed E-state index contributed by atoms with van der Waals surface area (Å²) in [6.07, 6.45) is 2.81. The molecule has 14 heteroatoms. The van der Waals surface area contributed by atoms with Crippen LogP contribution in [0.2, 0.25) is 0 Å². The first kappa shape index (κ1) is 34.4. The van der Waals surface area contributed by atoms with E-state index < -0.39 is 46.9 Å². The molecule has 2 aliphatic rings. The van der Waals surface area contributed by atoms with Gasteiger partial charge in [0.1, 0.15) is 40.8 Å². The van der Waals surface area contributed by atoms with Crippen molar-refractivity contribution >= 4 is 33.9 Å². The third-order valence-corrected chi connectivity index (χ3v) is 9.83. The number of ketones is 1. The number of aliphatic hydroxyl groups excluding tert-OH is 1. The molecule has 1 saturated carbocycles. The molecular weight excluding hydrogens is 673 g/mol. The van der Waals surface area contributed by atoms with E-state index in [-0.39, 0.29) is 58.2 Å². The number of aliphatic hydroxyl groups is 1. The third kappa shape index (κ3) is 6.27. The molecule has 2 aromatic carbocycles. The maximum Gasteiger partial charge on any atom is 0.417 e. The number of imidazole rings is 1. The predicted molar refractivity (Wildman–Crippen MR) is 179 cm³/mol. The number of carbonyl (C=O) groups excluding carboxylic acids is 2. The maximum atomic E-state index is 15.3. The normalized spacial score (nSPS) is 17.7. The average Bonchev–Trinajstić information content (AvgIpc) is 3.59. The van der Waals surface area contributed by atoms with E-state index in [1.54, 1.807) is 18.5 Å². The topological polar surface area (TPSA) is 114 Å². The fraction of sp³-hybridized carbons (Fsp3) is 0.324. The second-order valence-corrected chi connectivity index (χ2v) is 13.0. The number of carbonyl (C=O) groups is 2. The van der Waals surface area contributed by atoms with Crippen molar-refractivity contribution in [2.24, 2.45) is 7.05 Å². The van der Waals surface area contributed by atoms with Gasteiger partial charge in [-0.3, -0.25) is 9.59 Å². The van der Waals surface area contributed by atoms with Gasteiger partial charge < -0.3 is 29.4 Å². The quantitative estimate of drug-likeness (QED) is 0.115. The summed E-state index contributed by atoms with van der Waals surface area (Å²) < 4.78 is 83.6. The van der Waals surface area contributed by atoms with Crippen molar-refractivity contribution in [2.45, 2.75) is 57.3 Å². The number of halogens is 5. The Hall–Kier alpha value is -5.08. The van der Waals surface area contributed by atoms with Gasteiger partial charge in [0.05, 0.1) is 35.4 Å². The number of nitrogens with two attached hydrogens (primary N) is 1. The number of amides is 1. The largest absolute Gasteiger partial charge is 0.490 e. The van der Waals surface area contributed by atoms with E-state index in [1.165, 1.54) is 34.9 Å². The van der Waals surface area contributed by atoms with Crippen molar-refractivity contribution in [3.8, 4) is 16.9 Å². The first-order valence-electron chi connectivity index (χ1n) is 16.7. The lowest BCUT2D eigenvalue weighted by molar-refractivity contribution is -0.690. The Morgan fingerprint density at radius 3 is 2.61 bits per heavy atom. The zero-order valence-corrected chi connectivity index (χ0v) is 27.8. The zero-order chi connectivity index (χ0) is 36.2. The van der Waals surface area contributed by atoms with Crippen LogP contribution in [0.3, 0.4) is 0 Å². The molecule has 0 saturated heterocycles. The molecule has 5 aromatic rings. The van der Waals surface area contributed by atoms with E-state index in [9.17, 15) is 27.9 Å². The number of hydrogen-bond donors (Lipinski definition) is 3. The molecule has 9 nitrogen and oxygen atoms in total. The van der Waals surface area contributed by atoms with E-state index in [0.717, 1.165) is 50.0 Å². The van der Waals surface area contributed by atoms with Gasteiger partial charge in [0.15, 0.2) is 5.75 Å². The molecule has 0 bridgehead atoms. The molecule has 51 heavy (non-hydrogen) atoms. The van der Waals surface area contributed by atoms with Crippen molar-refractivity contribution < 1.29 is 46.7 Å². The van der Waals surface area contributed by atoms with Gasteiger partial charge in [-0.15, -0.1) is 0 Å². The number of pyridine rings is 1. The van der Waals surface area contributed by atoms with E-state index in [4.69, 9.17) is 4.74 Å². The lowest BCUT2D eigenvalue weighted by Crippen LogP contribution is -2.92. The van der Waals surface area contributed by atoms with Gasteiger partial charge in [-0.1, -0.05) is 12.5 Å². The van der Waals surface area contributed by atoms with Gasteiger partial charge in [0.25, 0.3) is 0 Å². The van der Waals surface area contributed by atoms with Gasteiger partial charge in [0, 0.05) is 48.9 Å². The number of rotatable bonds is 7. The standard InChI is InChI=1S/C37H34F5N5O4/c1-19-44-33-27(46(19)2)18-23(37(40,41)42)31-22-7-6-13-47-28(17-20(34(22)47)11-14-51-36(31)33)35(50)21-15-24(38)32(25(39)16-21)45-30(49)10-5-12-43-26-8-3-4-9-29(26)48/h5-7,10,13,15-18,26,29,43,48H,3-4,8-9,11-12,14H2,1-2H3,(H,45,49)/p+1/b10-5+/t26-,29+/m1/s1. The van der Waals surface area contributed by atoms with E-state index in [0.29, 0.717) is 23.4 Å². The highest BCUT2D eigenvalue weighted by molar-refractivity contribution is 6.10. The number of fused-ring (bicyclic) bond motifs is 4. The number of aromatic nitrogens is 3. The molecule has 266 valence electrons. The number of anilines is 1. The minimum Gasteiger partial charge on any atom is -0.490 e. The van der Waals surface area contributed by atoms with Crippen LogP contribution in [0.25, 0.3) is 27.7 Å². The Kier molecular flexibility index (Phi) is 8.92. The average molecular weight is 709 g/mol. The Morgan fingerprint density at radius 2 is 1.88 bits per heavy atom. The summed E-state index contributed by atoms with van der Waals surface area (Å²) in [5, 5.41) is 14.2.